The van der Waals surface area contributed by atoms with Gasteiger partial charge in [-0.3, -0.25) is 0 Å². The van der Waals surface area contributed by atoms with Gasteiger partial charge in [-0.1, -0.05) is 0 Å². The quantitative estimate of drug-likeness (QED) is 0.650. The molecular formula is C12H26N2O. The molecule has 1 saturated heterocycles. The van der Waals surface area contributed by atoms with Crippen molar-refractivity contribution < 1.29 is 4.74 Å². The predicted molar refractivity (Wildman–Crippen MR) is 64.2 cm³/mol. The molecule has 0 aliphatic carbocycles. The molecule has 0 aromatic carbocycles. The molecule has 1 heterocycles. The monoisotopic (exact) mass is 214 g/mol. The van der Waals surface area contributed by atoms with E-state index >= 15 is 0 Å². The highest BCUT2D eigenvalue weighted by atomic mass is 16.5. The molecule has 0 aromatic heterocycles. The third-order valence-electron chi connectivity index (χ3n) is 3.09. The van der Waals surface area contributed by atoms with Crippen molar-refractivity contribution in [2.75, 3.05) is 40.3 Å². The van der Waals surface area contributed by atoms with E-state index in [0.717, 1.165) is 13.2 Å². The first-order chi connectivity index (χ1) is 7.33. The number of likely N-dealkylation sites (tertiary alicyclic amines) is 1. The van der Waals surface area contributed by atoms with Crippen molar-refractivity contribution in [3.63, 3.8) is 0 Å². The molecule has 0 unspecified atom stereocenters. The average Bonchev–Trinajstić information content (AvgIpc) is 2.26. The van der Waals surface area contributed by atoms with Crippen LogP contribution in [-0.4, -0.2) is 51.3 Å². The van der Waals surface area contributed by atoms with Crippen LogP contribution >= 0.6 is 0 Å². The summed E-state index contributed by atoms with van der Waals surface area (Å²) in [5, 5.41) is 3.17. The van der Waals surface area contributed by atoms with Gasteiger partial charge in [-0.15, -0.1) is 0 Å². The molecule has 0 radical (unpaired) electrons. The van der Waals surface area contributed by atoms with Gasteiger partial charge in [-0.25, -0.2) is 0 Å². The maximum Gasteiger partial charge on any atom is 0.0599 e. The minimum absolute atomic E-state index is 0.533. The maximum absolute atomic E-state index is 5.86. The molecule has 1 N–H and O–H groups in total. The molecule has 1 aliphatic heterocycles. The van der Waals surface area contributed by atoms with Gasteiger partial charge in [0, 0.05) is 19.7 Å². The largest absolute Gasteiger partial charge is 0.378 e. The third-order valence-corrected chi connectivity index (χ3v) is 3.09. The van der Waals surface area contributed by atoms with Crippen molar-refractivity contribution in [2.24, 2.45) is 0 Å². The molecule has 0 aromatic rings. The van der Waals surface area contributed by atoms with E-state index in [1.807, 2.05) is 7.05 Å². The van der Waals surface area contributed by atoms with E-state index in [-0.39, 0.29) is 0 Å². The second kappa shape index (κ2) is 8.08. The number of nitrogens with one attached hydrogen (secondary N) is 1. The SMILES string of the molecule is CNCCCCCOC1CCN(C)CC1. The number of hydrogen-bond acceptors (Lipinski definition) is 3. The Morgan fingerprint density at radius 2 is 1.93 bits per heavy atom. The summed E-state index contributed by atoms with van der Waals surface area (Å²) in [5.41, 5.74) is 0. The van der Waals surface area contributed by atoms with E-state index in [0.29, 0.717) is 6.10 Å². The zero-order valence-electron chi connectivity index (χ0n) is 10.3. The van der Waals surface area contributed by atoms with Crippen LogP contribution in [0.3, 0.4) is 0 Å². The van der Waals surface area contributed by atoms with Crippen LogP contribution < -0.4 is 5.32 Å². The fraction of sp³-hybridized carbons (Fsp3) is 1.00. The van der Waals surface area contributed by atoms with Crippen molar-refractivity contribution in [2.45, 2.75) is 38.2 Å². The number of rotatable bonds is 7. The maximum atomic E-state index is 5.86. The van der Waals surface area contributed by atoms with E-state index in [1.54, 1.807) is 0 Å². The smallest absolute Gasteiger partial charge is 0.0599 e. The highest BCUT2D eigenvalue weighted by molar-refractivity contribution is 4.69. The van der Waals surface area contributed by atoms with Gasteiger partial charge in [0.1, 0.15) is 0 Å². The molecule has 1 aliphatic rings. The molecule has 0 amide bonds. The van der Waals surface area contributed by atoms with Gasteiger partial charge >= 0.3 is 0 Å². The van der Waals surface area contributed by atoms with Crippen LogP contribution in [0.25, 0.3) is 0 Å². The van der Waals surface area contributed by atoms with Crippen LogP contribution in [0.15, 0.2) is 0 Å². The summed E-state index contributed by atoms with van der Waals surface area (Å²) < 4.78 is 5.86. The van der Waals surface area contributed by atoms with Gasteiger partial charge in [0.15, 0.2) is 0 Å². The van der Waals surface area contributed by atoms with Gasteiger partial charge in [0.25, 0.3) is 0 Å². The Morgan fingerprint density at radius 3 is 2.60 bits per heavy atom. The highest BCUT2D eigenvalue weighted by Crippen LogP contribution is 2.12. The molecule has 90 valence electrons. The van der Waals surface area contributed by atoms with E-state index in [9.17, 15) is 0 Å². The van der Waals surface area contributed by atoms with E-state index < -0.39 is 0 Å². The second-order valence-corrected chi connectivity index (χ2v) is 4.54. The number of nitrogens with zero attached hydrogens (tertiary/aromatic N) is 1. The van der Waals surface area contributed by atoms with Crippen molar-refractivity contribution in [3.05, 3.63) is 0 Å². The Hall–Kier alpha value is -0.120. The summed E-state index contributed by atoms with van der Waals surface area (Å²) >= 11 is 0. The molecule has 0 atom stereocenters. The lowest BCUT2D eigenvalue weighted by molar-refractivity contribution is 0.0108. The minimum Gasteiger partial charge on any atom is -0.378 e. The zero-order chi connectivity index (χ0) is 10.9. The zero-order valence-corrected chi connectivity index (χ0v) is 10.3. The van der Waals surface area contributed by atoms with Crippen molar-refractivity contribution in [1.29, 1.82) is 0 Å². The second-order valence-electron chi connectivity index (χ2n) is 4.54. The van der Waals surface area contributed by atoms with Crippen LogP contribution in [0.1, 0.15) is 32.1 Å². The van der Waals surface area contributed by atoms with E-state index in [2.05, 4.69) is 17.3 Å². The van der Waals surface area contributed by atoms with Crippen LogP contribution in [0, 0.1) is 0 Å². The van der Waals surface area contributed by atoms with Crippen LogP contribution in [0.2, 0.25) is 0 Å². The summed E-state index contributed by atoms with van der Waals surface area (Å²) in [7, 11) is 4.20. The summed E-state index contributed by atoms with van der Waals surface area (Å²) in [6.45, 7) is 4.49. The number of piperidine rings is 1. The lowest BCUT2D eigenvalue weighted by Gasteiger charge is -2.28. The molecule has 0 bridgehead atoms. The standard InChI is InChI=1S/C12H26N2O/c1-13-8-4-3-5-11-15-12-6-9-14(2)10-7-12/h12-13H,3-11H2,1-2H3. The van der Waals surface area contributed by atoms with Gasteiger partial charge in [-0.05, 0) is 52.7 Å². The fourth-order valence-electron chi connectivity index (χ4n) is 1.98. The van der Waals surface area contributed by atoms with Crippen LogP contribution in [-0.2, 0) is 4.74 Å². The average molecular weight is 214 g/mol. The lowest BCUT2D eigenvalue weighted by Crippen LogP contribution is -2.34. The summed E-state index contributed by atoms with van der Waals surface area (Å²) in [5.74, 6) is 0. The Bertz CT molecular complexity index is 145. The molecule has 1 fully saturated rings. The third kappa shape index (κ3) is 6.13. The van der Waals surface area contributed by atoms with Gasteiger partial charge < -0.3 is 15.0 Å². The molecule has 1 rings (SSSR count). The van der Waals surface area contributed by atoms with Crippen LogP contribution in [0.5, 0.6) is 0 Å². The molecule has 3 heteroatoms. The molecule has 15 heavy (non-hydrogen) atoms. The minimum atomic E-state index is 0.533. The Morgan fingerprint density at radius 1 is 1.20 bits per heavy atom. The van der Waals surface area contributed by atoms with Crippen LogP contribution in [0.4, 0.5) is 0 Å². The highest BCUT2D eigenvalue weighted by Gasteiger charge is 2.16. The number of ether oxygens (including phenoxy) is 1. The van der Waals surface area contributed by atoms with Crippen molar-refractivity contribution in [3.8, 4) is 0 Å². The number of unbranched alkanes of at least 4 members (excludes halogenated alkanes) is 2. The normalized spacial score (nSPS) is 19.6. The molecule has 3 nitrogen and oxygen atoms in total. The van der Waals surface area contributed by atoms with E-state index in [4.69, 9.17) is 4.74 Å². The first kappa shape index (κ1) is 12.9. The Balaban J connectivity index is 1.87. The molecule has 0 spiro atoms. The number of hydrogen-bond donors (Lipinski definition) is 1. The van der Waals surface area contributed by atoms with Gasteiger partial charge in [-0.2, -0.15) is 0 Å². The lowest BCUT2D eigenvalue weighted by atomic mass is 10.1. The summed E-state index contributed by atoms with van der Waals surface area (Å²) in [4.78, 5) is 2.38. The first-order valence-corrected chi connectivity index (χ1v) is 6.27. The topological polar surface area (TPSA) is 24.5 Å². The summed E-state index contributed by atoms with van der Waals surface area (Å²) in [6.07, 6.45) is 6.74. The summed E-state index contributed by atoms with van der Waals surface area (Å²) in [6, 6.07) is 0. The van der Waals surface area contributed by atoms with Crippen molar-refractivity contribution in [1.82, 2.24) is 10.2 Å². The first-order valence-electron chi connectivity index (χ1n) is 6.27. The van der Waals surface area contributed by atoms with E-state index in [1.165, 1.54) is 45.2 Å². The fourth-order valence-corrected chi connectivity index (χ4v) is 1.98. The molecule has 0 saturated carbocycles. The van der Waals surface area contributed by atoms with Crippen molar-refractivity contribution >= 4 is 0 Å². The predicted octanol–water partition coefficient (Wildman–Crippen LogP) is 1.49. The molecular weight excluding hydrogens is 188 g/mol. The Kier molecular flexibility index (Phi) is 6.98. The van der Waals surface area contributed by atoms with Gasteiger partial charge in [0.05, 0.1) is 6.10 Å². The van der Waals surface area contributed by atoms with Gasteiger partial charge in [0.2, 0.25) is 0 Å². The Labute approximate surface area is 94.2 Å².